The Morgan fingerprint density at radius 2 is 2.18 bits per heavy atom. The second kappa shape index (κ2) is 1.96. The minimum absolute atomic E-state index is 0.279. The monoisotopic (exact) mass is 150 g/mol. The zero-order valence-electron chi connectivity index (χ0n) is 7.24. The highest BCUT2D eigenvalue weighted by Crippen LogP contribution is 2.51. The highest BCUT2D eigenvalue weighted by Gasteiger charge is 2.42. The molecule has 0 bridgehead atoms. The molecule has 0 aromatic heterocycles. The lowest BCUT2D eigenvalue weighted by Gasteiger charge is -2.18. The second-order valence-corrected chi connectivity index (χ2v) is 4.12. The summed E-state index contributed by atoms with van der Waals surface area (Å²) in [5.74, 6) is 0.391. The highest BCUT2D eigenvalue weighted by molar-refractivity contribution is 5.99. The summed E-state index contributed by atoms with van der Waals surface area (Å²) >= 11 is 0. The van der Waals surface area contributed by atoms with E-state index in [2.05, 4.69) is 6.92 Å². The molecule has 0 saturated heterocycles. The molecule has 0 heterocycles. The van der Waals surface area contributed by atoms with E-state index in [0.29, 0.717) is 5.78 Å². The van der Waals surface area contributed by atoms with Crippen LogP contribution >= 0.6 is 0 Å². The zero-order chi connectivity index (χ0) is 8.06. The SMILES string of the molecule is CC1=C2CCC[C@]2(C)CC1=O. The van der Waals surface area contributed by atoms with Crippen LogP contribution in [0.25, 0.3) is 0 Å². The van der Waals surface area contributed by atoms with Crippen LogP contribution in [0.5, 0.6) is 0 Å². The molecule has 60 valence electrons. The van der Waals surface area contributed by atoms with Crippen LogP contribution < -0.4 is 0 Å². The minimum Gasteiger partial charge on any atom is -0.295 e. The van der Waals surface area contributed by atoms with Crippen LogP contribution in [0.2, 0.25) is 0 Å². The predicted octanol–water partition coefficient (Wildman–Crippen LogP) is 2.47. The van der Waals surface area contributed by atoms with E-state index >= 15 is 0 Å². The van der Waals surface area contributed by atoms with Crippen LogP contribution in [0.15, 0.2) is 11.1 Å². The lowest BCUT2D eigenvalue weighted by atomic mass is 9.85. The Hall–Kier alpha value is -0.590. The molecule has 1 atom stereocenters. The van der Waals surface area contributed by atoms with E-state index in [9.17, 15) is 4.79 Å². The van der Waals surface area contributed by atoms with Gasteiger partial charge in [0.25, 0.3) is 0 Å². The van der Waals surface area contributed by atoms with Crippen molar-refractivity contribution in [3.8, 4) is 0 Å². The molecule has 1 fully saturated rings. The normalized spacial score (nSPS) is 36.7. The smallest absolute Gasteiger partial charge is 0.159 e. The van der Waals surface area contributed by atoms with Crippen molar-refractivity contribution in [2.24, 2.45) is 5.41 Å². The van der Waals surface area contributed by atoms with E-state index < -0.39 is 0 Å². The first kappa shape index (κ1) is 7.08. The number of ketones is 1. The average molecular weight is 150 g/mol. The molecule has 1 saturated carbocycles. The van der Waals surface area contributed by atoms with Gasteiger partial charge in [-0.1, -0.05) is 12.5 Å². The number of rotatable bonds is 0. The molecule has 0 aliphatic heterocycles. The maximum absolute atomic E-state index is 11.3. The average Bonchev–Trinajstić information content (AvgIpc) is 2.36. The van der Waals surface area contributed by atoms with Crippen molar-refractivity contribution in [1.82, 2.24) is 0 Å². The Morgan fingerprint density at radius 1 is 1.45 bits per heavy atom. The van der Waals surface area contributed by atoms with Gasteiger partial charge in [0.15, 0.2) is 5.78 Å². The van der Waals surface area contributed by atoms with Gasteiger partial charge in [-0.25, -0.2) is 0 Å². The molecule has 1 heteroatoms. The molecule has 0 unspecified atom stereocenters. The second-order valence-electron chi connectivity index (χ2n) is 4.12. The minimum atomic E-state index is 0.279. The summed E-state index contributed by atoms with van der Waals surface area (Å²) in [7, 11) is 0. The van der Waals surface area contributed by atoms with E-state index in [4.69, 9.17) is 0 Å². The van der Waals surface area contributed by atoms with E-state index in [1.165, 1.54) is 24.8 Å². The maximum atomic E-state index is 11.3. The summed E-state index contributed by atoms with van der Waals surface area (Å²) in [6.07, 6.45) is 4.48. The van der Waals surface area contributed by atoms with Crippen LogP contribution in [0.4, 0.5) is 0 Å². The van der Waals surface area contributed by atoms with Gasteiger partial charge in [-0.15, -0.1) is 0 Å². The molecule has 2 rings (SSSR count). The number of Topliss-reactive ketones (excluding diaryl/α,β-unsaturated/α-hetero) is 1. The third-order valence-electron chi connectivity index (χ3n) is 3.31. The zero-order valence-corrected chi connectivity index (χ0v) is 7.24. The summed E-state index contributed by atoms with van der Waals surface area (Å²) < 4.78 is 0. The molecule has 1 nitrogen and oxygen atoms in total. The van der Waals surface area contributed by atoms with Crippen LogP contribution in [0.3, 0.4) is 0 Å². The number of carbonyl (C=O) groups excluding carboxylic acids is 1. The summed E-state index contributed by atoms with van der Waals surface area (Å²) in [5.41, 5.74) is 2.81. The Bertz CT molecular complexity index is 250. The molecule has 0 aromatic carbocycles. The summed E-state index contributed by atoms with van der Waals surface area (Å²) in [5, 5.41) is 0. The van der Waals surface area contributed by atoms with Crippen LogP contribution in [0.1, 0.15) is 39.5 Å². The predicted molar refractivity (Wildman–Crippen MR) is 44.3 cm³/mol. The van der Waals surface area contributed by atoms with Gasteiger partial charge in [0.05, 0.1) is 0 Å². The van der Waals surface area contributed by atoms with Crippen molar-refractivity contribution in [3.63, 3.8) is 0 Å². The first-order valence-corrected chi connectivity index (χ1v) is 4.37. The first-order valence-electron chi connectivity index (χ1n) is 4.37. The molecule has 0 spiro atoms. The number of hydrogen-bond acceptors (Lipinski definition) is 1. The van der Waals surface area contributed by atoms with E-state index in [0.717, 1.165) is 12.0 Å². The van der Waals surface area contributed by atoms with Gasteiger partial charge in [-0.05, 0) is 37.2 Å². The number of allylic oxidation sites excluding steroid dienone is 2. The lowest BCUT2D eigenvalue weighted by Crippen LogP contribution is -2.10. The van der Waals surface area contributed by atoms with Crippen molar-refractivity contribution in [2.45, 2.75) is 39.5 Å². The van der Waals surface area contributed by atoms with Gasteiger partial charge < -0.3 is 0 Å². The van der Waals surface area contributed by atoms with Gasteiger partial charge >= 0.3 is 0 Å². The van der Waals surface area contributed by atoms with E-state index in [1.807, 2.05) is 6.92 Å². The Balaban J connectivity index is 2.47. The molecule has 2 aliphatic rings. The van der Waals surface area contributed by atoms with Crippen molar-refractivity contribution in [2.75, 3.05) is 0 Å². The maximum Gasteiger partial charge on any atom is 0.159 e. The molecular formula is C10H14O. The van der Waals surface area contributed by atoms with Gasteiger partial charge in [0.2, 0.25) is 0 Å². The number of carbonyl (C=O) groups is 1. The third kappa shape index (κ3) is 0.800. The van der Waals surface area contributed by atoms with Gasteiger partial charge in [-0.3, -0.25) is 4.79 Å². The van der Waals surface area contributed by atoms with Crippen molar-refractivity contribution < 1.29 is 4.79 Å². The Morgan fingerprint density at radius 3 is 2.82 bits per heavy atom. The largest absolute Gasteiger partial charge is 0.295 e. The number of hydrogen-bond donors (Lipinski definition) is 0. The fourth-order valence-corrected chi connectivity index (χ4v) is 2.60. The Kier molecular flexibility index (Phi) is 1.26. The van der Waals surface area contributed by atoms with Crippen LogP contribution in [0, 0.1) is 5.41 Å². The highest BCUT2D eigenvalue weighted by atomic mass is 16.1. The fraction of sp³-hybridized carbons (Fsp3) is 0.700. The molecule has 2 aliphatic carbocycles. The van der Waals surface area contributed by atoms with Crippen LogP contribution in [-0.4, -0.2) is 5.78 Å². The summed E-state index contributed by atoms with van der Waals surface area (Å²) in [6.45, 7) is 4.23. The standard InChI is InChI=1S/C10H14O/c1-7-8-4-3-5-10(8,2)6-9(7)11/h3-6H2,1-2H3/t10-/m1/s1. The van der Waals surface area contributed by atoms with Gasteiger partial charge in [-0.2, -0.15) is 0 Å². The van der Waals surface area contributed by atoms with E-state index in [1.54, 1.807) is 0 Å². The molecule has 0 radical (unpaired) electrons. The topological polar surface area (TPSA) is 17.1 Å². The van der Waals surface area contributed by atoms with Crippen molar-refractivity contribution in [3.05, 3.63) is 11.1 Å². The van der Waals surface area contributed by atoms with Crippen molar-refractivity contribution >= 4 is 5.78 Å². The third-order valence-corrected chi connectivity index (χ3v) is 3.31. The molecular weight excluding hydrogens is 136 g/mol. The summed E-state index contributed by atoms with van der Waals surface area (Å²) in [6, 6.07) is 0. The number of fused-ring (bicyclic) bond motifs is 1. The molecule has 0 aromatic rings. The fourth-order valence-electron chi connectivity index (χ4n) is 2.60. The molecule has 0 amide bonds. The summed E-state index contributed by atoms with van der Waals surface area (Å²) in [4.78, 5) is 11.3. The van der Waals surface area contributed by atoms with E-state index in [-0.39, 0.29) is 5.41 Å². The van der Waals surface area contributed by atoms with Gasteiger partial charge in [0.1, 0.15) is 0 Å². The quantitative estimate of drug-likeness (QED) is 0.518. The lowest BCUT2D eigenvalue weighted by molar-refractivity contribution is -0.115. The Labute approximate surface area is 67.5 Å². The first-order chi connectivity index (χ1) is 5.13. The molecule has 11 heavy (non-hydrogen) atoms. The molecule has 0 N–H and O–H groups in total. The van der Waals surface area contributed by atoms with Crippen LogP contribution in [-0.2, 0) is 4.79 Å². The van der Waals surface area contributed by atoms with Crippen molar-refractivity contribution in [1.29, 1.82) is 0 Å². The van der Waals surface area contributed by atoms with Gasteiger partial charge in [0, 0.05) is 6.42 Å².